The van der Waals surface area contributed by atoms with E-state index in [9.17, 15) is 5.11 Å². The largest absolute Gasteiger partial charge is 0.454 e. The van der Waals surface area contributed by atoms with Gasteiger partial charge in [-0.15, -0.1) is 5.10 Å². The Morgan fingerprint density at radius 2 is 1.92 bits per heavy atom. The molecule has 0 unspecified atom stereocenters. The first-order valence-corrected chi connectivity index (χ1v) is 9.04. The van der Waals surface area contributed by atoms with Gasteiger partial charge in [0, 0.05) is 11.4 Å². The molecule has 3 heterocycles. The van der Waals surface area contributed by atoms with E-state index in [0.29, 0.717) is 6.04 Å². The van der Waals surface area contributed by atoms with Crippen LogP contribution in [0, 0.1) is 0 Å². The third kappa shape index (κ3) is 2.72. The predicted octanol–water partition coefficient (Wildman–Crippen LogP) is 3.86. The van der Waals surface area contributed by atoms with Crippen LogP contribution < -0.4 is 5.32 Å². The number of imidazole rings is 1. The van der Waals surface area contributed by atoms with E-state index in [-0.39, 0.29) is 6.10 Å². The third-order valence-corrected chi connectivity index (χ3v) is 5.09. The van der Waals surface area contributed by atoms with E-state index in [1.165, 1.54) is 0 Å². The molecule has 3 aromatic heterocycles. The Kier molecular flexibility index (Phi) is 3.64. The monoisotopic (exact) mass is 348 g/mol. The van der Waals surface area contributed by atoms with Crippen molar-refractivity contribution in [2.45, 2.75) is 37.8 Å². The molecule has 4 aromatic rings. The van der Waals surface area contributed by atoms with E-state index in [1.54, 1.807) is 6.20 Å². The molecule has 5 rings (SSSR count). The standard InChI is InChI=1S/C20H20N4O2/c25-15-7-5-14(6-8-15)22-19-9-10-20-21-12-16(24(20)23-19)18-11-13-3-1-2-4-17(13)26-18/h1-4,9-12,14-15,25H,5-8H2,(H,22,23). The minimum atomic E-state index is -0.156. The van der Waals surface area contributed by atoms with Gasteiger partial charge in [0.25, 0.3) is 0 Å². The Bertz CT molecular complexity index is 1030. The summed E-state index contributed by atoms with van der Waals surface area (Å²) in [5, 5.41) is 18.9. The Labute approximate surface area is 150 Å². The predicted molar refractivity (Wildman–Crippen MR) is 100 cm³/mol. The maximum atomic E-state index is 9.66. The van der Waals surface area contributed by atoms with Crippen LogP contribution >= 0.6 is 0 Å². The summed E-state index contributed by atoms with van der Waals surface area (Å²) in [5.74, 6) is 1.57. The van der Waals surface area contributed by atoms with Crippen molar-refractivity contribution in [3.05, 3.63) is 48.7 Å². The van der Waals surface area contributed by atoms with E-state index in [1.807, 2.05) is 47.0 Å². The number of aliphatic hydroxyl groups excluding tert-OH is 1. The average molecular weight is 348 g/mol. The molecule has 26 heavy (non-hydrogen) atoms. The van der Waals surface area contributed by atoms with Crippen LogP contribution in [-0.4, -0.2) is 31.9 Å². The molecule has 0 aliphatic heterocycles. The zero-order valence-corrected chi connectivity index (χ0v) is 14.3. The van der Waals surface area contributed by atoms with E-state index in [2.05, 4.69) is 10.3 Å². The van der Waals surface area contributed by atoms with Crippen LogP contribution in [0.15, 0.2) is 53.1 Å². The van der Waals surface area contributed by atoms with Crippen LogP contribution in [0.5, 0.6) is 0 Å². The van der Waals surface area contributed by atoms with Gasteiger partial charge < -0.3 is 14.8 Å². The fourth-order valence-electron chi connectivity index (χ4n) is 3.66. The second-order valence-corrected chi connectivity index (χ2v) is 6.93. The van der Waals surface area contributed by atoms with Gasteiger partial charge in [0.15, 0.2) is 11.4 Å². The normalized spacial score (nSPS) is 20.7. The number of rotatable bonds is 3. The summed E-state index contributed by atoms with van der Waals surface area (Å²) in [6.07, 6.45) is 5.24. The van der Waals surface area contributed by atoms with Crippen molar-refractivity contribution in [1.29, 1.82) is 0 Å². The molecule has 1 aliphatic rings. The minimum absolute atomic E-state index is 0.156. The molecule has 2 N–H and O–H groups in total. The third-order valence-electron chi connectivity index (χ3n) is 5.09. The van der Waals surface area contributed by atoms with Crippen molar-refractivity contribution in [2.75, 3.05) is 5.32 Å². The van der Waals surface area contributed by atoms with Crippen LogP contribution in [0.3, 0.4) is 0 Å². The number of benzene rings is 1. The Balaban J connectivity index is 1.49. The highest BCUT2D eigenvalue weighted by atomic mass is 16.3. The van der Waals surface area contributed by atoms with Crippen LogP contribution in [-0.2, 0) is 0 Å². The minimum Gasteiger partial charge on any atom is -0.454 e. The summed E-state index contributed by atoms with van der Waals surface area (Å²) in [6.45, 7) is 0. The highest BCUT2D eigenvalue weighted by Gasteiger charge is 2.20. The van der Waals surface area contributed by atoms with Crippen molar-refractivity contribution < 1.29 is 9.52 Å². The van der Waals surface area contributed by atoms with E-state index in [0.717, 1.165) is 59.6 Å². The first kappa shape index (κ1) is 15.4. The SMILES string of the molecule is OC1CCC(Nc2ccc3ncc(-c4cc5ccccc5o4)n3n2)CC1. The number of para-hydroxylation sites is 1. The summed E-state index contributed by atoms with van der Waals surface area (Å²) in [5.41, 5.74) is 2.47. The molecule has 0 atom stereocenters. The molecule has 6 heteroatoms. The lowest BCUT2D eigenvalue weighted by Crippen LogP contribution is -2.28. The summed E-state index contributed by atoms with van der Waals surface area (Å²) < 4.78 is 7.79. The van der Waals surface area contributed by atoms with Crippen molar-refractivity contribution >= 4 is 22.4 Å². The first-order chi connectivity index (χ1) is 12.8. The molecular formula is C20H20N4O2. The summed E-state index contributed by atoms with van der Waals surface area (Å²) in [7, 11) is 0. The molecule has 0 radical (unpaired) electrons. The molecule has 0 saturated heterocycles. The lowest BCUT2D eigenvalue weighted by molar-refractivity contribution is 0.126. The summed E-state index contributed by atoms with van der Waals surface area (Å²) in [4.78, 5) is 4.44. The van der Waals surface area contributed by atoms with Crippen LogP contribution in [0.25, 0.3) is 28.1 Å². The van der Waals surface area contributed by atoms with Crippen molar-refractivity contribution in [3.8, 4) is 11.5 Å². The van der Waals surface area contributed by atoms with Crippen LogP contribution in [0.1, 0.15) is 25.7 Å². The number of furan rings is 1. The maximum absolute atomic E-state index is 9.66. The molecule has 1 saturated carbocycles. The maximum Gasteiger partial charge on any atom is 0.155 e. The molecular weight excluding hydrogens is 328 g/mol. The first-order valence-electron chi connectivity index (χ1n) is 9.04. The number of fused-ring (bicyclic) bond motifs is 2. The highest BCUT2D eigenvalue weighted by Crippen LogP contribution is 2.28. The van der Waals surface area contributed by atoms with Crippen molar-refractivity contribution in [1.82, 2.24) is 14.6 Å². The van der Waals surface area contributed by atoms with Gasteiger partial charge in [-0.05, 0) is 49.9 Å². The van der Waals surface area contributed by atoms with Crippen molar-refractivity contribution in [2.24, 2.45) is 0 Å². The van der Waals surface area contributed by atoms with E-state index < -0.39 is 0 Å². The van der Waals surface area contributed by atoms with Gasteiger partial charge >= 0.3 is 0 Å². The highest BCUT2D eigenvalue weighted by molar-refractivity contribution is 5.82. The lowest BCUT2D eigenvalue weighted by Gasteiger charge is -2.26. The van der Waals surface area contributed by atoms with Gasteiger partial charge in [0.05, 0.1) is 12.3 Å². The van der Waals surface area contributed by atoms with Crippen LogP contribution in [0.4, 0.5) is 5.82 Å². The average Bonchev–Trinajstić information content (AvgIpc) is 3.26. The number of nitrogens with zero attached hydrogens (tertiary/aromatic N) is 3. The molecule has 132 valence electrons. The Morgan fingerprint density at radius 1 is 1.08 bits per heavy atom. The van der Waals surface area contributed by atoms with Crippen molar-refractivity contribution in [3.63, 3.8) is 0 Å². The van der Waals surface area contributed by atoms with Gasteiger partial charge in [-0.2, -0.15) is 0 Å². The van der Waals surface area contributed by atoms with Crippen LogP contribution in [0.2, 0.25) is 0 Å². The zero-order chi connectivity index (χ0) is 17.5. The summed E-state index contributed by atoms with van der Waals surface area (Å²) in [6, 6.07) is 14.2. The smallest absolute Gasteiger partial charge is 0.155 e. The zero-order valence-electron chi connectivity index (χ0n) is 14.3. The molecule has 0 bridgehead atoms. The lowest BCUT2D eigenvalue weighted by atomic mass is 9.93. The molecule has 1 aromatic carbocycles. The fourth-order valence-corrected chi connectivity index (χ4v) is 3.66. The number of hydrogen-bond acceptors (Lipinski definition) is 5. The second kappa shape index (κ2) is 6.14. The molecule has 0 amide bonds. The molecule has 1 fully saturated rings. The molecule has 6 nitrogen and oxygen atoms in total. The Hall–Kier alpha value is -2.86. The van der Waals surface area contributed by atoms with E-state index in [4.69, 9.17) is 9.52 Å². The molecule has 0 spiro atoms. The van der Waals surface area contributed by atoms with Gasteiger partial charge in [-0.3, -0.25) is 0 Å². The number of aliphatic hydroxyl groups is 1. The number of nitrogens with one attached hydrogen (secondary N) is 1. The summed E-state index contributed by atoms with van der Waals surface area (Å²) >= 11 is 0. The topological polar surface area (TPSA) is 75.6 Å². The van der Waals surface area contributed by atoms with Gasteiger partial charge in [-0.25, -0.2) is 9.50 Å². The molecule has 1 aliphatic carbocycles. The fraction of sp³-hybridized carbons (Fsp3) is 0.300. The second-order valence-electron chi connectivity index (χ2n) is 6.93. The Morgan fingerprint density at radius 3 is 2.77 bits per heavy atom. The van der Waals surface area contributed by atoms with Gasteiger partial charge in [0.2, 0.25) is 0 Å². The van der Waals surface area contributed by atoms with E-state index >= 15 is 0 Å². The number of hydrogen-bond donors (Lipinski definition) is 2. The number of anilines is 1. The van der Waals surface area contributed by atoms with Gasteiger partial charge in [0.1, 0.15) is 17.1 Å². The quantitative estimate of drug-likeness (QED) is 0.588. The number of aromatic nitrogens is 3. The van der Waals surface area contributed by atoms with Gasteiger partial charge in [-0.1, -0.05) is 18.2 Å².